The van der Waals surface area contributed by atoms with Crippen molar-refractivity contribution in [2.24, 2.45) is 0 Å². The van der Waals surface area contributed by atoms with Gasteiger partial charge >= 0.3 is 5.97 Å². The molecule has 1 rings (SSSR count). The second kappa shape index (κ2) is 11.1. The van der Waals surface area contributed by atoms with Crippen molar-refractivity contribution < 1.29 is 19.4 Å². The summed E-state index contributed by atoms with van der Waals surface area (Å²) in [5.41, 5.74) is 1.46. The van der Waals surface area contributed by atoms with E-state index in [-0.39, 0.29) is 0 Å². The number of morpholine rings is 1. The average molecular weight is 281 g/mol. The lowest BCUT2D eigenvalue weighted by Crippen LogP contribution is -2.37. The van der Waals surface area contributed by atoms with Gasteiger partial charge in [0.05, 0.1) is 18.8 Å². The van der Waals surface area contributed by atoms with Crippen molar-refractivity contribution >= 4 is 12.8 Å². The zero-order valence-corrected chi connectivity index (χ0v) is 12.2. The lowest BCUT2D eigenvalue weighted by Gasteiger charge is -2.26. The fourth-order valence-corrected chi connectivity index (χ4v) is 1.77. The highest BCUT2D eigenvalue weighted by Crippen LogP contribution is 2.05. The van der Waals surface area contributed by atoms with Crippen molar-refractivity contribution in [3.63, 3.8) is 0 Å². The van der Waals surface area contributed by atoms with Gasteiger partial charge in [-0.2, -0.15) is 0 Å². The quantitative estimate of drug-likeness (QED) is 0.613. The largest absolute Gasteiger partial charge is 0.478 e. The summed E-state index contributed by atoms with van der Waals surface area (Å²) < 4.78 is 5.28. The molecule has 1 saturated heterocycles. The minimum absolute atomic E-state index is 0.304. The van der Waals surface area contributed by atoms with Crippen LogP contribution in [0.15, 0.2) is 35.5 Å². The van der Waals surface area contributed by atoms with Crippen molar-refractivity contribution in [1.29, 1.82) is 0 Å². The van der Waals surface area contributed by atoms with Gasteiger partial charge in [0, 0.05) is 19.6 Å². The Morgan fingerprint density at radius 2 is 1.90 bits per heavy atom. The summed E-state index contributed by atoms with van der Waals surface area (Å²) in [6.07, 6.45) is 6.85. The number of rotatable bonds is 5. The first-order valence-electron chi connectivity index (χ1n) is 6.46. The number of aliphatic carboxylic acids is 1. The molecule has 0 aromatic rings. The van der Waals surface area contributed by atoms with Crippen LogP contribution in [-0.4, -0.2) is 55.6 Å². The Morgan fingerprint density at radius 3 is 2.40 bits per heavy atom. The van der Waals surface area contributed by atoms with Crippen LogP contribution < -0.4 is 0 Å². The lowest BCUT2D eigenvalue weighted by atomic mass is 10.2. The number of hydrogen-bond acceptors (Lipinski definition) is 4. The summed E-state index contributed by atoms with van der Waals surface area (Å²) in [6.45, 7) is 10.1. The van der Waals surface area contributed by atoms with Gasteiger partial charge in [0.15, 0.2) is 0 Å². The van der Waals surface area contributed by atoms with Crippen LogP contribution in [0.4, 0.5) is 0 Å². The Labute approximate surface area is 120 Å². The molecule has 0 aliphatic carbocycles. The molecule has 1 fully saturated rings. The van der Waals surface area contributed by atoms with E-state index < -0.39 is 5.97 Å². The zero-order valence-electron chi connectivity index (χ0n) is 12.2. The fourth-order valence-electron chi connectivity index (χ4n) is 1.77. The number of carbonyl (C=O) groups excluding carboxylic acids is 1. The van der Waals surface area contributed by atoms with E-state index in [9.17, 15) is 4.79 Å². The van der Waals surface area contributed by atoms with Gasteiger partial charge in [-0.15, -0.1) is 0 Å². The highest BCUT2D eigenvalue weighted by atomic mass is 16.5. The summed E-state index contributed by atoms with van der Waals surface area (Å²) in [5.74, 6) is -0.900. The molecule has 0 aromatic heterocycles. The van der Waals surface area contributed by atoms with Gasteiger partial charge in [0.2, 0.25) is 0 Å². The molecule has 0 aromatic carbocycles. The number of carboxylic acids is 1. The molecular formula is C15H23NO4. The highest BCUT2D eigenvalue weighted by molar-refractivity contribution is 5.90. The summed E-state index contributed by atoms with van der Waals surface area (Å²) in [5, 5.41) is 8.96. The summed E-state index contributed by atoms with van der Waals surface area (Å²) >= 11 is 0. The molecule has 0 atom stereocenters. The molecule has 1 aliphatic heterocycles. The van der Waals surface area contributed by atoms with E-state index in [4.69, 9.17) is 14.6 Å². The van der Waals surface area contributed by atoms with E-state index in [0.29, 0.717) is 5.57 Å². The lowest BCUT2D eigenvalue weighted by molar-refractivity contribution is -0.132. The Morgan fingerprint density at radius 1 is 1.30 bits per heavy atom. The second-order valence-electron chi connectivity index (χ2n) is 4.33. The van der Waals surface area contributed by atoms with Crippen LogP contribution in [0.25, 0.3) is 0 Å². The van der Waals surface area contributed by atoms with E-state index in [0.717, 1.165) is 38.4 Å². The maximum Gasteiger partial charge on any atom is 0.335 e. The van der Waals surface area contributed by atoms with Gasteiger partial charge in [0.1, 0.15) is 6.79 Å². The molecule has 0 unspecified atom stereocenters. The minimum Gasteiger partial charge on any atom is -0.478 e. The van der Waals surface area contributed by atoms with Crippen LogP contribution in [0, 0.1) is 0 Å². The van der Waals surface area contributed by atoms with Gasteiger partial charge in [-0.3, -0.25) is 4.90 Å². The smallest absolute Gasteiger partial charge is 0.335 e. The summed E-state index contributed by atoms with van der Waals surface area (Å²) in [7, 11) is 0. The van der Waals surface area contributed by atoms with Crippen molar-refractivity contribution in [1.82, 2.24) is 4.90 Å². The molecule has 0 bridgehead atoms. The van der Waals surface area contributed by atoms with Crippen molar-refractivity contribution in [2.45, 2.75) is 13.8 Å². The van der Waals surface area contributed by atoms with Crippen molar-refractivity contribution in [3.8, 4) is 0 Å². The number of ether oxygens (including phenoxy) is 1. The normalized spacial score (nSPS) is 17.7. The average Bonchev–Trinajstić information content (AvgIpc) is 2.46. The molecule has 5 heteroatoms. The van der Waals surface area contributed by atoms with Gasteiger partial charge in [-0.05, 0) is 19.9 Å². The summed E-state index contributed by atoms with van der Waals surface area (Å²) in [4.78, 5) is 21.2. The van der Waals surface area contributed by atoms with Gasteiger partial charge in [-0.1, -0.05) is 23.8 Å². The van der Waals surface area contributed by atoms with E-state index in [1.54, 1.807) is 25.2 Å². The second-order valence-corrected chi connectivity index (χ2v) is 4.33. The highest BCUT2D eigenvalue weighted by Gasteiger charge is 2.09. The first-order valence-corrected chi connectivity index (χ1v) is 6.46. The third kappa shape index (κ3) is 7.66. The molecule has 1 N–H and O–H groups in total. The van der Waals surface area contributed by atoms with E-state index in [1.807, 2.05) is 19.8 Å². The first-order chi connectivity index (χ1) is 9.63. The molecule has 0 radical (unpaired) electrons. The topological polar surface area (TPSA) is 66.8 Å². The molecule has 20 heavy (non-hydrogen) atoms. The summed E-state index contributed by atoms with van der Waals surface area (Å²) in [6, 6.07) is 0. The molecule has 1 heterocycles. The maximum absolute atomic E-state index is 10.9. The molecular weight excluding hydrogens is 258 g/mol. The Bertz CT molecular complexity index is 379. The zero-order chi connectivity index (χ0) is 15.4. The third-order valence-corrected chi connectivity index (χ3v) is 2.72. The van der Waals surface area contributed by atoms with E-state index in [1.165, 1.54) is 0 Å². The number of nitrogens with zero attached hydrogens (tertiary/aromatic N) is 1. The van der Waals surface area contributed by atoms with Gasteiger partial charge in [-0.25, -0.2) is 4.79 Å². The number of carbonyl (C=O) groups is 2. The Balaban J connectivity index is 0.00000172. The number of allylic oxidation sites excluding steroid dienone is 3. The molecule has 0 spiro atoms. The van der Waals surface area contributed by atoms with Crippen LogP contribution >= 0.6 is 0 Å². The van der Waals surface area contributed by atoms with Crippen LogP contribution in [0.1, 0.15) is 13.8 Å². The number of hydrogen-bond donors (Lipinski definition) is 1. The predicted molar refractivity (Wildman–Crippen MR) is 78.7 cm³/mol. The molecule has 112 valence electrons. The van der Waals surface area contributed by atoms with Crippen LogP contribution in [0.5, 0.6) is 0 Å². The molecule has 0 saturated carbocycles. The monoisotopic (exact) mass is 281 g/mol. The van der Waals surface area contributed by atoms with Crippen molar-refractivity contribution in [3.05, 3.63) is 35.5 Å². The first kappa shape index (κ1) is 18.3. The SMILES string of the molecule is C=O.C\C=C/C(=C\C=C(/C)CN1CCOCC1)C(=O)O. The standard InChI is InChI=1S/C14H21NO3.CH2O/c1-3-4-13(14(16)17)6-5-12(2)11-15-7-9-18-10-8-15;1-2/h3-6H,7-11H2,1-2H3,(H,16,17);1H2/b4-3-,12-5+,13-6+;. The Hall–Kier alpha value is -1.72. The van der Waals surface area contributed by atoms with Crippen LogP contribution in [0.2, 0.25) is 0 Å². The van der Waals surface area contributed by atoms with Gasteiger partial charge < -0.3 is 14.6 Å². The maximum atomic E-state index is 10.9. The molecule has 5 nitrogen and oxygen atoms in total. The predicted octanol–water partition coefficient (Wildman–Crippen LogP) is 1.67. The van der Waals surface area contributed by atoms with E-state index in [2.05, 4.69) is 4.90 Å². The molecule has 0 amide bonds. The van der Waals surface area contributed by atoms with Crippen LogP contribution in [-0.2, 0) is 14.3 Å². The fraction of sp³-hybridized carbons (Fsp3) is 0.467. The molecule has 1 aliphatic rings. The van der Waals surface area contributed by atoms with E-state index >= 15 is 0 Å². The Kier molecular flexibility index (Phi) is 10.2. The van der Waals surface area contributed by atoms with Crippen LogP contribution in [0.3, 0.4) is 0 Å². The van der Waals surface area contributed by atoms with Crippen molar-refractivity contribution in [2.75, 3.05) is 32.8 Å². The van der Waals surface area contributed by atoms with Gasteiger partial charge in [0.25, 0.3) is 0 Å². The minimum atomic E-state index is -0.900. The third-order valence-electron chi connectivity index (χ3n) is 2.72. The number of carboxylic acid groups (broad SMARTS) is 1.